The molecule has 1 heterocycles. The summed E-state index contributed by atoms with van der Waals surface area (Å²) in [6.07, 6.45) is 2.27. The van der Waals surface area contributed by atoms with E-state index < -0.39 is 0 Å². The quantitative estimate of drug-likeness (QED) is 0.705. The second-order valence-electron chi connectivity index (χ2n) is 4.42. The lowest BCUT2D eigenvalue weighted by atomic mass is 10.1. The fourth-order valence-electron chi connectivity index (χ4n) is 2.05. The summed E-state index contributed by atoms with van der Waals surface area (Å²) in [6.45, 7) is 2.13. The molecule has 18 heavy (non-hydrogen) atoms. The number of carbonyl (C=O) groups excluding carboxylic acids is 1. The number of piperidine rings is 1. The van der Waals surface area contributed by atoms with Gasteiger partial charge in [0.15, 0.2) is 0 Å². The molecule has 0 atom stereocenters. The molecule has 0 spiro atoms. The van der Waals surface area contributed by atoms with E-state index in [0.29, 0.717) is 11.8 Å². The van der Waals surface area contributed by atoms with E-state index in [-0.39, 0.29) is 5.91 Å². The van der Waals surface area contributed by atoms with Crippen molar-refractivity contribution in [3.63, 3.8) is 0 Å². The van der Waals surface area contributed by atoms with Gasteiger partial charge in [0.05, 0.1) is 5.75 Å². The molecular weight excluding hydrogens is 246 g/mol. The van der Waals surface area contributed by atoms with Gasteiger partial charge in [-0.15, -0.1) is 11.8 Å². The molecule has 0 bridgehead atoms. The molecule has 1 aliphatic rings. The number of anilines is 1. The van der Waals surface area contributed by atoms with Crippen LogP contribution in [0.3, 0.4) is 0 Å². The predicted octanol–water partition coefficient (Wildman–Crippen LogP) is 1.43. The summed E-state index contributed by atoms with van der Waals surface area (Å²) < 4.78 is 0. The third kappa shape index (κ3) is 3.92. The van der Waals surface area contributed by atoms with Gasteiger partial charge in [0, 0.05) is 16.6 Å². The fourth-order valence-corrected chi connectivity index (χ4v) is 2.80. The van der Waals surface area contributed by atoms with Crippen molar-refractivity contribution in [2.24, 2.45) is 5.73 Å². The van der Waals surface area contributed by atoms with Crippen molar-refractivity contribution in [3.05, 3.63) is 24.3 Å². The number of nitrogens with two attached hydrogens (primary N) is 1. The van der Waals surface area contributed by atoms with E-state index in [1.165, 1.54) is 11.8 Å². The molecule has 1 aromatic carbocycles. The fraction of sp³-hybridized carbons (Fsp3) is 0.462. The largest absolute Gasteiger partial charge is 0.381 e. The van der Waals surface area contributed by atoms with Crippen LogP contribution in [0.25, 0.3) is 0 Å². The Morgan fingerprint density at radius 3 is 2.83 bits per heavy atom. The van der Waals surface area contributed by atoms with Crippen LogP contribution in [-0.2, 0) is 4.79 Å². The van der Waals surface area contributed by atoms with Crippen molar-refractivity contribution in [1.29, 1.82) is 0 Å². The van der Waals surface area contributed by atoms with Gasteiger partial charge in [0.1, 0.15) is 0 Å². The highest BCUT2D eigenvalue weighted by Gasteiger charge is 2.14. The molecule has 1 aromatic rings. The highest BCUT2D eigenvalue weighted by molar-refractivity contribution is 8.00. The molecule has 98 valence electrons. The van der Waals surface area contributed by atoms with Crippen LogP contribution >= 0.6 is 11.8 Å². The summed E-state index contributed by atoms with van der Waals surface area (Å²) >= 11 is 1.49. The maximum atomic E-state index is 10.8. The van der Waals surface area contributed by atoms with E-state index in [4.69, 9.17) is 5.73 Å². The van der Waals surface area contributed by atoms with Crippen LogP contribution in [0.15, 0.2) is 29.2 Å². The zero-order valence-electron chi connectivity index (χ0n) is 10.3. The summed E-state index contributed by atoms with van der Waals surface area (Å²) in [4.78, 5) is 11.9. The number of thioether (sulfide) groups is 1. The standard InChI is InChI=1S/C13H19N3OS/c14-13(17)9-18-12-4-2-1-3-11(12)16-10-5-7-15-8-6-10/h1-4,10,15-16H,5-9H2,(H2,14,17). The average Bonchev–Trinajstić information content (AvgIpc) is 2.39. The van der Waals surface area contributed by atoms with Crippen molar-refractivity contribution < 1.29 is 4.79 Å². The number of primary amides is 1. The van der Waals surface area contributed by atoms with Crippen molar-refractivity contribution in [3.8, 4) is 0 Å². The van der Waals surface area contributed by atoms with E-state index in [1.54, 1.807) is 0 Å². The minimum atomic E-state index is -0.281. The molecule has 1 fully saturated rings. The van der Waals surface area contributed by atoms with E-state index in [0.717, 1.165) is 36.5 Å². The highest BCUT2D eigenvalue weighted by atomic mass is 32.2. The van der Waals surface area contributed by atoms with Crippen LogP contribution < -0.4 is 16.4 Å². The number of benzene rings is 1. The first-order chi connectivity index (χ1) is 8.75. The molecule has 5 heteroatoms. The molecule has 0 saturated carbocycles. The number of amides is 1. The van der Waals surface area contributed by atoms with Crippen LogP contribution in [0.5, 0.6) is 0 Å². The van der Waals surface area contributed by atoms with Crippen LogP contribution in [0.1, 0.15) is 12.8 Å². The van der Waals surface area contributed by atoms with Gasteiger partial charge in [-0.25, -0.2) is 0 Å². The second kappa shape index (κ2) is 6.66. The lowest BCUT2D eigenvalue weighted by molar-refractivity contribution is -0.115. The van der Waals surface area contributed by atoms with Crippen molar-refractivity contribution in [2.75, 3.05) is 24.2 Å². The van der Waals surface area contributed by atoms with Crippen molar-refractivity contribution >= 4 is 23.4 Å². The van der Waals surface area contributed by atoms with Gasteiger partial charge in [-0.2, -0.15) is 0 Å². The third-order valence-corrected chi connectivity index (χ3v) is 4.05. The lowest BCUT2D eigenvalue weighted by Crippen LogP contribution is -2.35. The molecule has 1 saturated heterocycles. The second-order valence-corrected chi connectivity index (χ2v) is 5.44. The highest BCUT2D eigenvalue weighted by Crippen LogP contribution is 2.28. The molecular formula is C13H19N3OS. The molecule has 0 aromatic heterocycles. The molecule has 2 rings (SSSR count). The van der Waals surface area contributed by atoms with Gasteiger partial charge in [0.2, 0.25) is 5.91 Å². The summed E-state index contributed by atoms with van der Waals surface area (Å²) in [5, 5.41) is 6.91. The Hall–Kier alpha value is -1.20. The van der Waals surface area contributed by atoms with Gasteiger partial charge in [-0.05, 0) is 38.1 Å². The maximum Gasteiger partial charge on any atom is 0.227 e. The minimum absolute atomic E-state index is 0.281. The zero-order chi connectivity index (χ0) is 12.8. The van der Waals surface area contributed by atoms with Gasteiger partial charge in [-0.3, -0.25) is 4.79 Å². The normalized spacial score (nSPS) is 16.4. The Labute approximate surface area is 112 Å². The summed E-state index contributed by atoms with van der Waals surface area (Å²) in [6, 6.07) is 8.60. The number of rotatable bonds is 5. The third-order valence-electron chi connectivity index (χ3n) is 2.96. The molecule has 0 aliphatic carbocycles. The predicted molar refractivity (Wildman–Crippen MR) is 75.9 cm³/mol. The Morgan fingerprint density at radius 1 is 1.39 bits per heavy atom. The molecule has 0 radical (unpaired) electrons. The Bertz CT molecular complexity index is 405. The van der Waals surface area contributed by atoms with Crippen LogP contribution in [0, 0.1) is 0 Å². The number of carbonyl (C=O) groups is 1. The smallest absolute Gasteiger partial charge is 0.227 e. The molecule has 4 N–H and O–H groups in total. The van der Waals surface area contributed by atoms with E-state index >= 15 is 0 Å². The van der Waals surface area contributed by atoms with E-state index in [1.807, 2.05) is 18.2 Å². The van der Waals surface area contributed by atoms with Gasteiger partial charge in [-0.1, -0.05) is 12.1 Å². The molecule has 0 unspecified atom stereocenters. The monoisotopic (exact) mass is 265 g/mol. The Balaban J connectivity index is 1.99. The average molecular weight is 265 g/mol. The van der Waals surface area contributed by atoms with E-state index in [2.05, 4.69) is 16.7 Å². The first kappa shape index (κ1) is 13.2. The first-order valence-corrected chi connectivity index (χ1v) is 7.21. The summed E-state index contributed by atoms with van der Waals surface area (Å²) in [5.74, 6) is 0.0435. The summed E-state index contributed by atoms with van der Waals surface area (Å²) in [7, 11) is 0. The molecule has 4 nitrogen and oxygen atoms in total. The first-order valence-electron chi connectivity index (χ1n) is 6.23. The molecule has 1 amide bonds. The SMILES string of the molecule is NC(=O)CSc1ccccc1NC1CCNCC1. The molecule has 1 aliphatic heterocycles. The van der Waals surface area contributed by atoms with Crippen LogP contribution in [0.2, 0.25) is 0 Å². The van der Waals surface area contributed by atoms with Crippen LogP contribution in [-0.4, -0.2) is 30.8 Å². The van der Waals surface area contributed by atoms with Crippen LogP contribution in [0.4, 0.5) is 5.69 Å². The Morgan fingerprint density at radius 2 is 2.11 bits per heavy atom. The number of hydrogen-bond acceptors (Lipinski definition) is 4. The minimum Gasteiger partial charge on any atom is -0.381 e. The Kier molecular flexibility index (Phi) is 4.90. The van der Waals surface area contributed by atoms with Crippen molar-refractivity contribution in [2.45, 2.75) is 23.8 Å². The van der Waals surface area contributed by atoms with Gasteiger partial charge < -0.3 is 16.4 Å². The van der Waals surface area contributed by atoms with Gasteiger partial charge in [0.25, 0.3) is 0 Å². The van der Waals surface area contributed by atoms with Gasteiger partial charge >= 0.3 is 0 Å². The number of nitrogens with one attached hydrogen (secondary N) is 2. The number of hydrogen-bond donors (Lipinski definition) is 3. The topological polar surface area (TPSA) is 67.2 Å². The number of para-hydroxylation sites is 1. The summed E-state index contributed by atoms with van der Waals surface area (Å²) in [5.41, 5.74) is 6.29. The zero-order valence-corrected chi connectivity index (χ0v) is 11.1. The van der Waals surface area contributed by atoms with Crippen molar-refractivity contribution in [1.82, 2.24) is 5.32 Å². The lowest BCUT2D eigenvalue weighted by Gasteiger charge is -2.25. The van der Waals surface area contributed by atoms with E-state index in [9.17, 15) is 4.79 Å². The maximum absolute atomic E-state index is 10.8.